The highest BCUT2D eigenvalue weighted by Gasteiger charge is 2.41. The first-order valence-electron chi connectivity index (χ1n) is 12.5. The number of thioether (sulfide) groups is 1. The fourth-order valence-electron chi connectivity index (χ4n) is 4.77. The lowest BCUT2D eigenvalue weighted by Gasteiger charge is -2.35. The Morgan fingerprint density at radius 3 is 2.51 bits per heavy atom. The number of hydrogen-bond acceptors (Lipinski definition) is 4. The molecule has 4 nitrogen and oxygen atoms in total. The van der Waals surface area contributed by atoms with Crippen molar-refractivity contribution in [2.45, 2.75) is 45.3 Å². The minimum Gasteiger partial charge on any atom is -0.488 e. The Morgan fingerprint density at radius 1 is 1.03 bits per heavy atom. The van der Waals surface area contributed by atoms with Crippen molar-refractivity contribution in [1.29, 1.82) is 0 Å². The van der Waals surface area contributed by atoms with Gasteiger partial charge in [0.1, 0.15) is 12.4 Å². The van der Waals surface area contributed by atoms with Gasteiger partial charge in [-0.05, 0) is 100 Å². The largest absolute Gasteiger partial charge is 0.488 e. The van der Waals surface area contributed by atoms with Crippen LogP contribution >= 0.6 is 43.6 Å². The van der Waals surface area contributed by atoms with E-state index in [9.17, 15) is 4.79 Å². The van der Waals surface area contributed by atoms with E-state index in [0.29, 0.717) is 17.4 Å². The van der Waals surface area contributed by atoms with E-state index in [1.807, 2.05) is 83.8 Å². The molecule has 3 aromatic rings. The fourth-order valence-corrected chi connectivity index (χ4v) is 6.59. The first-order chi connectivity index (χ1) is 18.0. The van der Waals surface area contributed by atoms with Crippen molar-refractivity contribution >= 4 is 66.5 Å². The zero-order valence-electron chi connectivity index (χ0n) is 20.6. The van der Waals surface area contributed by atoms with E-state index in [4.69, 9.17) is 9.73 Å². The molecule has 0 N–H and O–H groups in total. The zero-order valence-corrected chi connectivity index (χ0v) is 24.6. The molecular weight excluding hydrogens is 612 g/mol. The van der Waals surface area contributed by atoms with Crippen LogP contribution in [0.3, 0.4) is 0 Å². The van der Waals surface area contributed by atoms with Crippen LogP contribution in [0.1, 0.15) is 43.7 Å². The number of halogens is 2. The number of benzene rings is 3. The molecule has 1 saturated carbocycles. The smallest absolute Gasteiger partial charge is 0.267 e. The fraction of sp³-hybridized carbons (Fsp3) is 0.267. The maximum absolute atomic E-state index is 13.7. The van der Waals surface area contributed by atoms with Gasteiger partial charge >= 0.3 is 0 Å². The Bertz CT molecular complexity index is 1330. The number of aliphatic imine (C=N–C) groups is 1. The molecule has 1 heterocycles. The highest BCUT2D eigenvalue weighted by Crippen LogP contribution is 2.40. The second-order valence-electron chi connectivity index (χ2n) is 9.45. The normalized spacial score (nSPS) is 22.1. The van der Waals surface area contributed by atoms with Crippen LogP contribution in [0.2, 0.25) is 0 Å². The molecule has 5 rings (SSSR count). The van der Waals surface area contributed by atoms with Gasteiger partial charge in [-0.2, -0.15) is 0 Å². The van der Waals surface area contributed by atoms with Gasteiger partial charge in [0, 0.05) is 10.5 Å². The summed E-state index contributed by atoms with van der Waals surface area (Å²) in [7, 11) is 0. The molecule has 0 spiro atoms. The maximum atomic E-state index is 13.7. The zero-order chi connectivity index (χ0) is 25.8. The summed E-state index contributed by atoms with van der Waals surface area (Å²) >= 11 is 8.58. The van der Waals surface area contributed by atoms with Gasteiger partial charge in [-0.1, -0.05) is 72.1 Å². The Labute approximate surface area is 239 Å². The second-order valence-corrected chi connectivity index (χ2v) is 12.2. The maximum Gasteiger partial charge on any atom is 0.267 e. The first-order valence-corrected chi connectivity index (χ1v) is 14.9. The van der Waals surface area contributed by atoms with E-state index < -0.39 is 0 Å². The lowest BCUT2D eigenvalue weighted by atomic mass is 9.85. The van der Waals surface area contributed by atoms with Crippen LogP contribution in [0.15, 0.2) is 91.6 Å². The number of nitrogens with zero attached hydrogens (tertiary/aromatic N) is 2. The standard InChI is InChI=1S/C30H28Br2N2O2S/c1-20-7-5-6-10-26(20)34-29(35)28(37-30(34)33-24-8-3-2-4-9-24)18-22-13-16-27(25(32)17-22)36-19-21-11-14-23(31)15-12-21/h2-4,8-9,11-18,20,26H,5-7,10,19H2,1H3/b28-18-,33-30?/t20-,26-/m1/s1. The monoisotopic (exact) mass is 638 g/mol. The molecule has 1 amide bonds. The predicted octanol–water partition coefficient (Wildman–Crippen LogP) is 8.97. The van der Waals surface area contributed by atoms with E-state index in [1.165, 1.54) is 18.2 Å². The molecule has 0 aromatic heterocycles. The van der Waals surface area contributed by atoms with Gasteiger partial charge in [0.15, 0.2) is 5.17 Å². The Hall–Kier alpha value is -2.35. The Balaban J connectivity index is 1.38. The minimum atomic E-state index is 0.0464. The summed E-state index contributed by atoms with van der Waals surface area (Å²) in [6.45, 7) is 2.74. The predicted molar refractivity (Wildman–Crippen MR) is 160 cm³/mol. The summed E-state index contributed by atoms with van der Waals surface area (Å²) in [5, 5.41) is 0.773. The Morgan fingerprint density at radius 2 is 1.78 bits per heavy atom. The molecule has 2 fully saturated rings. The molecule has 1 aliphatic heterocycles. The molecule has 1 aliphatic carbocycles. The number of amides is 1. The number of amidine groups is 1. The molecular formula is C30H28Br2N2O2S. The van der Waals surface area contributed by atoms with E-state index in [1.54, 1.807) is 0 Å². The molecule has 2 atom stereocenters. The summed E-state index contributed by atoms with van der Waals surface area (Å²) in [6.07, 6.45) is 6.50. The van der Waals surface area contributed by atoms with Crippen molar-refractivity contribution in [3.63, 3.8) is 0 Å². The third kappa shape index (κ3) is 6.39. The number of para-hydroxylation sites is 1. The molecule has 37 heavy (non-hydrogen) atoms. The van der Waals surface area contributed by atoms with Crippen molar-refractivity contribution in [3.05, 3.63) is 97.8 Å². The first kappa shape index (κ1) is 26.3. The summed E-state index contributed by atoms with van der Waals surface area (Å²) in [5.41, 5.74) is 2.90. The van der Waals surface area contributed by atoms with Crippen LogP contribution in [0.25, 0.3) is 6.08 Å². The average Bonchev–Trinajstić information content (AvgIpc) is 3.19. The molecule has 0 radical (unpaired) electrons. The third-order valence-corrected chi connectivity index (χ3v) is 8.91. The number of rotatable bonds is 6. The summed E-state index contributed by atoms with van der Waals surface area (Å²) < 4.78 is 7.91. The Kier molecular flexibility index (Phi) is 8.53. The number of ether oxygens (including phenoxy) is 1. The van der Waals surface area contributed by atoms with Crippen LogP contribution < -0.4 is 4.74 Å². The van der Waals surface area contributed by atoms with Crippen LogP contribution in [0.5, 0.6) is 5.75 Å². The van der Waals surface area contributed by atoms with Crippen molar-refractivity contribution in [2.24, 2.45) is 10.9 Å². The van der Waals surface area contributed by atoms with Crippen molar-refractivity contribution in [3.8, 4) is 5.75 Å². The van der Waals surface area contributed by atoms with E-state index in [0.717, 1.165) is 55.9 Å². The molecule has 1 saturated heterocycles. The third-order valence-electron chi connectivity index (χ3n) is 6.78. The molecule has 190 valence electrons. The van der Waals surface area contributed by atoms with Gasteiger partial charge in [-0.25, -0.2) is 4.99 Å². The average molecular weight is 640 g/mol. The van der Waals surface area contributed by atoms with Crippen LogP contribution in [0.4, 0.5) is 5.69 Å². The molecule has 7 heteroatoms. The molecule has 3 aromatic carbocycles. The van der Waals surface area contributed by atoms with Crippen LogP contribution in [-0.2, 0) is 11.4 Å². The van der Waals surface area contributed by atoms with Crippen molar-refractivity contribution < 1.29 is 9.53 Å². The van der Waals surface area contributed by atoms with Gasteiger partial charge < -0.3 is 4.74 Å². The topological polar surface area (TPSA) is 41.9 Å². The van der Waals surface area contributed by atoms with Gasteiger partial charge in [0.25, 0.3) is 5.91 Å². The number of carbonyl (C=O) groups excluding carboxylic acids is 1. The molecule has 0 bridgehead atoms. The summed E-state index contributed by atoms with van der Waals surface area (Å²) in [4.78, 5) is 21.3. The number of hydrogen-bond donors (Lipinski definition) is 0. The van der Waals surface area contributed by atoms with Crippen LogP contribution in [-0.4, -0.2) is 22.0 Å². The molecule has 2 aliphatic rings. The SMILES string of the molecule is C[C@@H]1CCCC[C@H]1N1C(=O)/C(=C/c2ccc(OCc3ccc(Br)cc3)c(Br)c2)SC1=Nc1ccccc1. The van der Waals surface area contributed by atoms with Crippen molar-refractivity contribution in [1.82, 2.24) is 4.90 Å². The molecule has 0 unspecified atom stereocenters. The second kappa shape index (κ2) is 12.0. The van der Waals surface area contributed by atoms with E-state index >= 15 is 0 Å². The number of carbonyl (C=O) groups is 1. The van der Waals surface area contributed by atoms with Crippen molar-refractivity contribution in [2.75, 3.05) is 0 Å². The lowest BCUT2D eigenvalue weighted by Crippen LogP contribution is -2.44. The quantitative estimate of drug-likeness (QED) is 0.253. The van der Waals surface area contributed by atoms with Gasteiger partial charge in [0.2, 0.25) is 0 Å². The van der Waals surface area contributed by atoms with E-state index in [2.05, 4.69) is 38.8 Å². The van der Waals surface area contributed by atoms with Gasteiger partial charge in [0.05, 0.1) is 15.1 Å². The van der Waals surface area contributed by atoms with Crippen LogP contribution in [0, 0.1) is 5.92 Å². The minimum absolute atomic E-state index is 0.0464. The lowest BCUT2D eigenvalue weighted by molar-refractivity contribution is -0.124. The summed E-state index contributed by atoms with van der Waals surface area (Å²) in [5.74, 6) is 1.26. The van der Waals surface area contributed by atoms with Gasteiger partial charge in [-0.3, -0.25) is 9.69 Å². The highest BCUT2D eigenvalue weighted by atomic mass is 79.9. The highest BCUT2D eigenvalue weighted by molar-refractivity contribution is 9.10. The summed E-state index contributed by atoms with van der Waals surface area (Å²) in [6, 6.07) is 24.1. The van der Waals surface area contributed by atoms with E-state index in [-0.39, 0.29) is 11.9 Å². The van der Waals surface area contributed by atoms with Gasteiger partial charge in [-0.15, -0.1) is 0 Å².